The lowest BCUT2D eigenvalue weighted by molar-refractivity contribution is 0.596. The van der Waals surface area contributed by atoms with Crippen LogP contribution in [-0.2, 0) is 9.84 Å². The summed E-state index contributed by atoms with van der Waals surface area (Å²) in [7, 11) is -3.63. The summed E-state index contributed by atoms with van der Waals surface area (Å²) in [4.78, 5) is 0.244. The number of benzene rings is 2. The zero-order chi connectivity index (χ0) is 13.3. The largest absolute Gasteiger partial charge is 0.218 e. The van der Waals surface area contributed by atoms with Gasteiger partial charge < -0.3 is 0 Å². The van der Waals surface area contributed by atoms with Gasteiger partial charge in [0.25, 0.3) is 0 Å². The van der Waals surface area contributed by atoms with Crippen LogP contribution in [0.1, 0.15) is 5.56 Å². The summed E-state index contributed by atoms with van der Waals surface area (Å²) in [5.74, 6) is 0. The molecule has 2 aromatic carbocycles. The molecule has 2 aromatic rings. The minimum atomic E-state index is -3.63. The van der Waals surface area contributed by atoms with E-state index in [0.29, 0.717) is 5.02 Å². The number of aryl methyl sites for hydroxylation is 1. The van der Waals surface area contributed by atoms with E-state index in [-0.39, 0.29) is 14.8 Å². The highest BCUT2D eigenvalue weighted by atomic mass is 35.5. The molecule has 0 saturated carbocycles. The summed E-state index contributed by atoms with van der Waals surface area (Å²) in [5.41, 5.74) is 0.870. The van der Waals surface area contributed by atoms with E-state index in [2.05, 4.69) is 0 Å². The monoisotopic (exact) mass is 300 g/mol. The maximum Gasteiger partial charge on any atom is 0.208 e. The van der Waals surface area contributed by atoms with Crippen LogP contribution in [-0.4, -0.2) is 8.42 Å². The summed E-state index contributed by atoms with van der Waals surface area (Å²) in [5, 5.41) is 0.506. The van der Waals surface area contributed by atoms with Crippen molar-refractivity contribution in [1.82, 2.24) is 0 Å². The van der Waals surface area contributed by atoms with Crippen molar-refractivity contribution in [3.63, 3.8) is 0 Å². The molecule has 2 nitrogen and oxygen atoms in total. The van der Waals surface area contributed by atoms with E-state index in [4.69, 9.17) is 23.2 Å². The Balaban J connectivity index is 2.65. The lowest BCUT2D eigenvalue weighted by Gasteiger charge is -2.07. The van der Waals surface area contributed by atoms with Crippen LogP contribution in [0.5, 0.6) is 0 Å². The van der Waals surface area contributed by atoms with Crippen LogP contribution in [0.15, 0.2) is 52.3 Å². The topological polar surface area (TPSA) is 34.1 Å². The quantitative estimate of drug-likeness (QED) is 0.835. The van der Waals surface area contributed by atoms with E-state index in [0.717, 1.165) is 5.56 Å². The summed E-state index contributed by atoms with van der Waals surface area (Å²) >= 11 is 11.8. The van der Waals surface area contributed by atoms with Gasteiger partial charge in [0.05, 0.1) is 14.8 Å². The van der Waals surface area contributed by atoms with Gasteiger partial charge in [0, 0.05) is 5.02 Å². The molecular weight excluding hydrogens is 291 g/mol. The molecule has 0 N–H and O–H groups in total. The van der Waals surface area contributed by atoms with Gasteiger partial charge >= 0.3 is 0 Å². The molecule has 0 bridgehead atoms. The van der Waals surface area contributed by atoms with Crippen LogP contribution >= 0.6 is 23.2 Å². The Morgan fingerprint density at radius 2 is 1.72 bits per heavy atom. The molecule has 0 radical (unpaired) electrons. The predicted octanol–water partition coefficient (Wildman–Crippen LogP) is 4.13. The van der Waals surface area contributed by atoms with Crippen molar-refractivity contribution in [2.24, 2.45) is 0 Å². The van der Waals surface area contributed by atoms with Crippen molar-refractivity contribution >= 4 is 33.0 Å². The van der Waals surface area contributed by atoms with E-state index in [1.807, 2.05) is 13.0 Å². The third-order valence-corrected chi connectivity index (χ3v) is 4.95. The first-order chi connectivity index (χ1) is 8.41. The normalized spacial score (nSPS) is 11.5. The van der Waals surface area contributed by atoms with Gasteiger partial charge in [-0.15, -0.1) is 0 Å². The summed E-state index contributed by atoms with van der Waals surface area (Å²) in [6.45, 7) is 1.83. The first-order valence-electron chi connectivity index (χ1n) is 5.18. The van der Waals surface area contributed by atoms with Crippen molar-refractivity contribution in [1.29, 1.82) is 0 Å². The van der Waals surface area contributed by atoms with Crippen LogP contribution in [0.4, 0.5) is 0 Å². The Morgan fingerprint density at radius 3 is 2.39 bits per heavy atom. The average molecular weight is 301 g/mol. The van der Waals surface area contributed by atoms with Crippen LogP contribution in [0.2, 0.25) is 10.0 Å². The standard InChI is InChI=1S/C13H10Cl2O2S/c1-9-3-2-4-11(7-9)18(16,17)13-8-10(14)5-6-12(13)15/h2-8H,1H3. The van der Waals surface area contributed by atoms with Gasteiger partial charge in [-0.1, -0.05) is 35.3 Å². The molecule has 0 aliphatic heterocycles. The second kappa shape index (κ2) is 4.92. The van der Waals surface area contributed by atoms with Gasteiger partial charge in [0.1, 0.15) is 0 Å². The fraction of sp³-hybridized carbons (Fsp3) is 0.0769. The molecule has 0 spiro atoms. The smallest absolute Gasteiger partial charge is 0.208 e. The highest BCUT2D eigenvalue weighted by Crippen LogP contribution is 2.30. The minimum absolute atomic E-state index is 0.0299. The van der Waals surface area contributed by atoms with E-state index >= 15 is 0 Å². The number of hydrogen-bond donors (Lipinski definition) is 0. The number of halogens is 2. The minimum Gasteiger partial charge on any atom is -0.218 e. The Hall–Kier alpha value is -1.03. The second-order valence-corrected chi connectivity index (χ2v) is 6.66. The molecule has 0 aliphatic carbocycles. The van der Waals surface area contributed by atoms with Crippen molar-refractivity contribution in [2.75, 3.05) is 0 Å². The fourth-order valence-corrected chi connectivity index (χ4v) is 3.71. The molecule has 0 atom stereocenters. The van der Waals surface area contributed by atoms with E-state index in [1.165, 1.54) is 12.1 Å². The Kier molecular flexibility index (Phi) is 3.66. The third-order valence-electron chi connectivity index (χ3n) is 2.48. The molecule has 0 amide bonds. The lowest BCUT2D eigenvalue weighted by atomic mass is 10.2. The van der Waals surface area contributed by atoms with Crippen LogP contribution in [0, 0.1) is 6.92 Å². The predicted molar refractivity (Wildman–Crippen MR) is 73.1 cm³/mol. The Bertz CT molecular complexity index is 694. The molecule has 0 saturated heterocycles. The molecule has 0 aliphatic rings. The zero-order valence-electron chi connectivity index (χ0n) is 9.52. The molecule has 0 fully saturated rings. The molecule has 5 heteroatoms. The molecule has 0 aromatic heterocycles. The number of hydrogen-bond acceptors (Lipinski definition) is 2. The van der Waals surface area contributed by atoms with E-state index < -0.39 is 9.84 Å². The highest BCUT2D eigenvalue weighted by molar-refractivity contribution is 7.91. The number of sulfone groups is 1. The molecule has 2 rings (SSSR count). The summed E-state index contributed by atoms with van der Waals surface area (Å²) < 4.78 is 24.8. The number of rotatable bonds is 2. The molecule has 18 heavy (non-hydrogen) atoms. The Morgan fingerprint density at radius 1 is 1.00 bits per heavy atom. The van der Waals surface area contributed by atoms with E-state index in [1.54, 1.807) is 24.3 Å². The SMILES string of the molecule is Cc1cccc(S(=O)(=O)c2cc(Cl)ccc2Cl)c1. The molecular formula is C13H10Cl2O2S. The van der Waals surface area contributed by atoms with Crippen LogP contribution < -0.4 is 0 Å². The van der Waals surface area contributed by atoms with Gasteiger partial charge in [0.2, 0.25) is 9.84 Å². The molecule has 0 heterocycles. The first kappa shape index (κ1) is 13.4. The van der Waals surface area contributed by atoms with E-state index in [9.17, 15) is 8.42 Å². The van der Waals surface area contributed by atoms with Crippen LogP contribution in [0.3, 0.4) is 0 Å². The maximum absolute atomic E-state index is 12.4. The van der Waals surface area contributed by atoms with Crippen LogP contribution in [0.25, 0.3) is 0 Å². The zero-order valence-corrected chi connectivity index (χ0v) is 11.9. The van der Waals surface area contributed by atoms with Gasteiger partial charge in [-0.3, -0.25) is 0 Å². The molecule has 0 unspecified atom stereocenters. The third kappa shape index (κ3) is 2.53. The fourth-order valence-electron chi connectivity index (χ4n) is 1.59. The van der Waals surface area contributed by atoms with Crippen molar-refractivity contribution in [2.45, 2.75) is 16.7 Å². The van der Waals surface area contributed by atoms with Gasteiger partial charge in [0.15, 0.2) is 0 Å². The Labute approximate surface area is 116 Å². The van der Waals surface area contributed by atoms with Crippen molar-refractivity contribution in [3.05, 3.63) is 58.1 Å². The molecule has 94 valence electrons. The van der Waals surface area contributed by atoms with Crippen molar-refractivity contribution in [3.8, 4) is 0 Å². The van der Waals surface area contributed by atoms with Gasteiger partial charge in [-0.2, -0.15) is 0 Å². The lowest BCUT2D eigenvalue weighted by Crippen LogP contribution is -2.03. The second-order valence-electron chi connectivity index (χ2n) is 3.89. The van der Waals surface area contributed by atoms with Gasteiger partial charge in [-0.25, -0.2) is 8.42 Å². The maximum atomic E-state index is 12.4. The van der Waals surface area contributed by atoms with Crippen molar-refractivity contribution < 1.29 is 8.42 Å². The van der Waals surface area contributed by atoms with Gasteiger partial charge in [-0.05, 0) is 42.8 Å². The summed E-state index contributed by atoms with van der Waals surface area (Å²) in [6, 6.07) is 11.1. The first-order valence-corrected chi connectivity index (χ1v) is 7.42. The highest BCUT2D eigenvalue weighted by Gasteiger charge is 2.21. The summed E-state index contributed by atoms with van der Waals surface area (Å²) in [6.07, 6.45) is 0. The average Bonchev–Trinajstić information content (AvgIpc) is 2.32.